The van der Waals surface area contributed by atoms with Crippen LogP contribution < -0.4 is 5.56 Å². The molecule has 1 saturated carbocycles. The number of hydrogen-bond acceptors (Lipinski definition) is 1. The third-order valence-electron chi connectivity index (χ3n) is 4.80. The predicted octanol–water partition coefficient (Wildman–Crippen LogP) is 3.91. The molecule has 21 heavy (non-hydrogen) atoms. The monoisotopic (exact) mass is 273 g/mol. The summed E-state index contributed by atoms with van der Waals surface area (Å²) >= 11 is 0. The minimum atomic E-state index is 0.154. The fourth-order valence-corrected chi connectivity index (χ4v) is 3.71. The zero-order valence-corrected chi connectivity index (χ0v) is 11.7. The number of rotatable bonds is 1. The van der Waals surface area contributed by atoms with Crippen LogP contribution in [-0.2, 0) is 6.54 Å². The Morgan fingerprint density at radius 1 is 0.905 bits per heavy atom. The van der Waals surface area contributed by atoms with E-state index < -0.39 is 0 Å². The highest BCUT2D eigenvalue weighted by Crippen LogP contribution is 2.48. The molecule has 1 aliphatic carbocycles. The molecule has 0 N–H and O–H groups in total. The lowest BCUT2D eigenvalue weighted by atomic mass is 9.96. The van der Waals surface area contributed by atoms with Crippen LogP contribution in [0.15, 0.2) is 53.3 Å². The third-order valence-corrected chi connectivity index (χ3v) is 4.80. The number of pyridine rings is 1. The van der Waals surface area contributed by atoms with Crippen LogP contribution in [0.3, 0.4) is 0 Å². The summed E-state index contributed by atoms with van der Waals surface area (Å²) in [6.45, 7) is 0.717. The van der Waals surface area contributed by atoms with Gasteiger partial charge in [-0.05, 0) is 41.3 Å². The molecule has 1 aliphatic heterocycles. The first-order chi connectivity index (χ1) is 10.3. The van der Waals surface area contributed by atoms with Crippen LogP contribution in [-0.4, -0.2) is 4.57 Å². The minimum absolute atomic E-state index is 0.154. The highest BCUT2D eigenvalue weighted by molar-refractivity contribution is 5.92. The van der Waals surface area contributed by atoms with Crippen molar-refractivity contribution in [3.63, 3.8) is 0 Å². The summed E-state index contributed by atoms with van der Waals surface area (Å²) in [5.41, 5.74) is 5.25. The van der Waals surface area contributed by atoms with E-state index in [1.165, 1.54) is 35.2 Å². The van der Waals surface area contributed by atoms with Gasteiger partial charge < -0.3 is 4.57 Å². The standard InChI is InChI=1S/C19H15NO/c21-19-16-8-4-3-7-15(16)17(12-9-10-12)18-14-6-2-1-5-13(14)11-20(18)19/h1-8,12H,9-11H2. The van der Waals surface area contributed by atoms with Gasteiger partial charge in [0.05, 0.1) is 12.2 Å². The summed E-state index contributed by atoms with van der Waals surface area (Å²) in [5, 5.41) is 2.03. The first-order valence-electron chi connectivity index (χ1n) is 7.58. The molecule has 5 rings (SSSR count). The summed E-state index contributed by atoms with van der Waals surface area (Å²) in [7, 11) is 0. The number of hydrogen-bond donors (Lipinski definition) is 0. The highest BCUT2D eigenvalue weighted by Gasteiger charge is 2.33. The van der Waals surface area contributed by atoms with E-state index in [1.54, 1.807) is 0 Å². The second-order valence-corrected chi connectivity index (χ2v) is 6.13. The Balaban J connectivity index is 2.00. The molecular weight excluding hydrogens is 258 g/mol. The molecule has 3 aromatic rings. The molecular formula is C19H15NO. The van der Waals surface area contributed by atoms with Crippen molar-refractivity contribution >= 4 is 10.8 Å². The van der Waals surface area contributed by atoms with Gasteiger partial charge in [-0.3, -0.25) is 4.79 Å². The van der Waals surface area contributed by atoms with Gasteiger partial charge in [-0.1, -0.05) is 42.5 Å². The summed E-state index contributed by atoms with van der Waals surface area (Å²) in [6, 6.07) is 16.5. The molecule has 0 bridgehead atoms. The molecule has 0 saturated heterocycles. The molecule has 1 aromatic heterocycles. The molecule has 0 atom stereocenters. The van der Waals surface area contributed by atoms with Crippen LogP contribution in [0.5, 0.6) is 0 Å². The largest absolute Gasteiger partial charge is 0.303 e. The van der Waals surface area contributed by atoms with E-state index in [0.717, 1.165) is 17.3 Å². The van der Waals surface area contributed by atoms with Crippen LogP contribution >= 0.6 is 0 Å². The van der Waals surface area contributed by atoms with Crippen molar-refractivity contribution in [3.05, 3.63) is 70.0 Å². The van der Waals surface area contributed by atoms with Crippen LogP contribution in [0.1, 0.15) is 29.9 Å². The van der Waals surface area contributed by atoms with Gasteiger partial charge in [-0.15, -0.1) is 0 Å². The molecule has 0 amide bonds. The molecule has 0 unspecified atom stereocenters. The first-order valence-corrected chi connectivity index (χ1v) is 7.58. The number of benzene rings is 2. The van der Waals surface area contributed by atoms with Crippen molar-refractivity contribution in [1.29, 1.82) is 0 Å². The Morgan fingerprint density at radius 3 is 2.43 bits per heavy atom. The molecule has 2 heteroatoms. The lowest BCUT2D eigenvalue weighted by Crippen LogP contribution is -2.20. The molecule has 0 radical (unpaired) electrons. The van der Waals surface area contributed by atoms with Crippen molar-refractivity contribution in [3.8, 4) is 11.3 Å². The van der Waals surface area contributed by atoms with Crippen LogP contribution in [0.4, 0.5) is 0 Å². The molecule has 102 valence electrons. The van der Waals surface area contributed by atoms with Crippen molar-refractivity contribution in [2.75, 3.05) is 0 Å². The normalized spacial score (nSPS) is 16.0. The molecule has 0 spiro atoms. The SMILES string of the molecule is O=c1c2ccccc2c(C2CC2)c2n1Cc1ccccc1-2. The van der Waals surface area contributed by atoms with Gasteiger partial charge in [0.1, 0.15) is 0 Å². The van der Waals surface area contributed by atoms with Crippen molar-refractivity contribution < 1.29 is 0 Å². The molecule has 1 fully saturated rings. The predicted molar refractivity (Wildman–Crippen MR) is 84.7 cm³/mol. The summed E-state index contributed by atoms with van der Waals surface area (Å²) in [6.07, 6.45) is 2.49. The van der Waals surface area contributed by atoms with E-state index in [-0.39, 0.29) is 5.56 Å². The number of fused-ring (bicyclic) bond motifs is 4. The van der Waals surface area contributed by atoms with E-state index >= 15 is 0 Å². The van der Waals surface area contributed by atoms with E-state index in [2.05, 4.69) is 30.3 Å². The second-order valence-electron chi connectivity index (χ2n) is 6.13. The summed E-state index contributed by atoms with van der Waals surface area (Å²) in [4.78, 5) is 12.8. The average molecular weight is 273 g/mol. The van der Waals surface area contributed by atoms with Gasteiger partial charge in [0.15, 0.2) is 0 Å². The van der Waals surface area contributed by atoms with Crippen LogP contribution in [0.25, 0.3) is 22.0 Å². The highest BCUT2D eigenvalue weighted by atomic mass is 16.1. The molecule has 2 nitrogen and oxygen atoms in total. The Morgan fingerprint density at radius 2 is 1.62 bits per heavy atom. The minimum Gasteiger partial charge on any atom is -0.303 e. The summed E-state index contributed by atoms with van der Waals surface area (Å²) in [5.74, 6) is 0.628. The Labute approximate surface area is 122 Å². The van der Waals surface area contributed by atoms with E-state index in [0.29, 0.717) is 5.92 Å². The van der Waals surface area contributed by atoms with Gasteiger partial charge >= 0.3 is 0 Å². The van der Waals surface area contributed by atoms with Crippen LogP contribution in [0, 0.1) is 0 Å². The van der Waals surface area contributed by atoms with Gasteiger partial charge in [-0.2, -0.15) is 0 Å². The maximum Gasteiger partial charge on any atom is 0.259 e. The smallest absolute Gasteiger partial charge is 0.259 e. The second kappa shape index (κ2) is 3.85. The van der Waals surface area contributed by atoms with Gasteiger partial charge in [0.2, 0.25) is 0 Å². The van der Waals surface area contributed by atoms with E-state index in [4.69, 9.17) is 0 Å². The molecule has 2 aromatic carbocycles. The molecule has 2 aliphatic rings. The molecule has 2 heterocycles. The van der Waals surface area contributed by atoms with Crippen molar-refractivity contribution in [2.45, 2.75) is 25.3 Å². The zero-order valence-electron chi connectivity index (χ0n) is 11.7. The Kier molecular flexibility index (Phi) is 2.08. The fourth-order valence-electron chi connectivity index (χ4n) is 3.71. The van der Waals surface area contributed by atoms with Gasteiger partial charge in [0, 0.05) is 10.9 Å². The van der Waals surface area contributed by atoms with Gasteiger partial charge in [0.25, 0.3) is 5.56 Å². The first kappa shape index (κ1) is 11.3. The number of nitrogens with zero attached hydrogens (tertiary/aromatic N) is 1. The Bertz CT molecular complexity index is 947. The average Bonchev–Trinajstić information content (AvgIpc) is 3.28. The van der Waals surface area contributed by atoms with Crippen LogP contribution in [0.2, 0.25) is 0 Å². The lowest BCUT2D eigenvalue weighted by Gasteiger charge is -2.14. The topological polar surface area (TPSA) is 22.0 Å². The Hall–Kier alpha value is -2.35. The fraction of sp³-hybridized carbons (Fsp3) is 0.211. The summed E-state index contributed by atoms with van der Waals surface area (Å²) < 4.78 is 1.99. The van der Waals surface area contributed by atoms with Crippen molar-refractivity contribution in [2.24, 2.45) is 0 Å². The maximum atomic E-state index is 12.8. The number of aromatic nitrogens is 1. The zero-order chi connectivity index (χ0) is 14.0. The quantitative estimate of drug-likeness (QED) is 0.515. The third kappa shape index (κ3) is 1.45. The van der Waals surface area contributed by atoms with E-state index in [9.17, 15) is 4.79 Å². The maximum absolute atomic E-state index is 12.8. The lowest BCUT2D eigenvalue weighted by molar-refractivity contribution is 0.804. The van der Waals surface area contributed by atoms with Gasteiger partial charge in [-0.25, -0.2) is 0 Å². The van der Waals surface area contributed by atoms with E-state index in [1.807, 2.05) is 22.8 Å². The van der Waals surface area contributed by atoms with Crippen molar-refractivity contribution in [1.82, 2.24) is 4.57 Å².